The first-order chi connectivity index (χ1) is 11.2. The highest BCUT2D eigenvalue weighted by Crippen LogP contribution is 2.38. The van der Waals surface area contributed by atoms with Gasteiger partial charge in [-0.2, -0.15) is 0 Å². The van der Waals surface area contributed by atoms with Crippen LogP contribution in [0.2, 0.25) is 0 Å². The molecule has 1 aromatic heterocycles. The number of benzene rings is 1. The number of ether oxygens (including phenoxy) is 1. The Labute approximate surface area is 141 Å². The van der Waals surface area contributed by atoms with E-state index in [9.17, 15) is 4.79 Å². The predicted octanol–water partition coefficient (Wildman–Crippen LogP) is 3.26. The highest BCUT2D eigenvalue weighted by Gasteiger charge is 2.32. The summed E-state index contributed by atoms with van der Waals surface area (Å²) < 4.78 is 7.29. The van der Waals surface area contributed by atoms with Gasteiger partial charge in [0.15, 0.2) is 0 Å². The van der Waals surface area contributed by atoms with Gasteiger partial charge in [0.25, 0.3) is 0 Å². The Hall–Kier alpha value is -1.72. The number of carbonyl (C=O) groups excluding carboxylic acids is 1. The van der Waals surface area contributed by atoms with Gasteiger partial charge < -0.3 is 14.2 Å². The summed E-state index contributed by atoms with van der Waals surface area (Å²) >= 11 is 1.69. The maximum Gasteiger partial charge on any atom is 0.233 e. The number of nitrogens with zero attached hydrogens (tertiary/aromatic N) is 2. The summed E-state index contributed by atoms with van der Waals surface area (Å²) in [4.78, 5) is 14.0. The summed E-state index contributed by atoms with van der Waals surface area (Å²) in [6.07, 6.45) is 5.23. The van der Waals surface area contributed by atoms with Crippen LogP contribution in [0.15, 0.2) is 42.7 Å². The maximum absolute atomic E-state index is 12.1. The molecule has 1 aliphatic heterocycles. The number of amides is 1. The predicted molar refractivity (Wildman–Crippen MR) is 93.9 cm³/mol. The van der Waals surface area contributed by atoms with E-state index in [1.165, 1.54) is 16.8 Å². The molecule has 0 N–H and O–H groups in total. The molecule has 3 rings (SSSR count). The van der Waals surface area contributed by atoms with Crippen LogP contribution in [0.25, 0.3) is 5.69 Å². The number of thioether (sulfide) groups is 1. The van der Waals surface area contributed by atoms with Gasteiger partial charge in [-0.1, -0.05) is 25.1 Å². The Morgan fingerprint density at radius 2 is 2.13 bits per heavy atom. The third-order valence-electron chi connectivity index (χ3n) is 4.16. The quantitative estimate of drug-likeness (QED) is 0.815. The number of aryl methyl sites for hydroxylation is 1. The molecule has 1 fully saturated rings. The molecule has 1 atom stereocenters. The number of methoxy groups -OCH3 is 1. The lowest BCUT2D eigenvalue weighted by molar-refractivity contribution is -0.128. The standard InChI is InChI=1S/C18H22N2O2S/c1-3-14-6-4-5-7-16(14)19-9-8-15(12-19)18-20(10-11-22-2)17(21)13-23-18/h4-9,12,18H,3,10-11,13H2,1-2H3. The minimum absolute atomic E-state index is 0.0905. The molecule has 2 aromatic rings. The second-order valence-corrected chi connectivity index (χ2v) is 6.65. The van der Waals surface area contributed by atoms with Gasteiger partial charge in [0.05, 0.1) is 12.4 Å². The van der Waals surface area contributed by atoms with Crippen molar-refractivity contribution >= 4 is 17.7 Å². The van der Waals surface area contributed by atoms with E-state index in [1.54, 1.807) is 18.9 Å². The largest absolute Gasteiger partial charge is 0.383 e. The Balaban J connectivity index is 1.85. The van der Waals surface area contributed by atoms with E-state index >= 15 is 0 Å². The van der Waals surface area contributed by atoms with Crippen LogP contribution in [-0.4, -0.2) is 41.4 Å². The lowest BCUT2D eigenvalue weighted by atomic mass is 10.1. The second kappa shape index (κ2) is 7.23. The van der Waals surface area contributed by atoms with Gasteiger partial charge in [0.1, 0.15) is 5.37 Å². The van der Waals surface area contributed by atoms with E-state index in [0.717, 1.165) is 6.42 Å². The van der Waals surface area contributed by atoms with Gasteiger partial charge in [-0.25, -0.2) is 0 Å². The van der Waals surface area contributed by atoms with Crippen molar-refractivity contribution in [3.63, 3.8) is 0 Å². The maximum atomic E-state index is 12.1. The molecule has 1 amide bonds. The van der Waals surface area contributed by atoms with Crippen LogP contribution in [0.3, 0.4) is 0 Å². The van der Waals surface area contributed by atoms with Gasteiger partial charge in [0, 0.05) is 37.3 Å². The molecule has 0 radical (unpaired) electrons. The van der Waals surface area contributed by atoms with Crippen LogP contribution in [0.1, 0.15) is 23.4 Å². The average Bonchev–Trinajstić information content (AvgIpc) is 3.19. The van der Waals surface area contributed by atoms with Crippen LogP contribution in [-0.2, 0) is 16.0 Å². The first-order valence-corrected chi connectivity index (χ1v) is 8.95. The van der Waals surface area contributed by atoms with E-state index in [-0.39, 0.29) is 11.3 Å². The van der Waals surface area contributed by atoms with Crippen molar-refractivity contribution < 1.29 is 9.53 Å². The first-order valence-electron chi connectivity index (χ1n) is 7.90. The molecule has 0 spiro atoms. The molecule has 23 heavy (non-hydrogen) atoms. The lowest BCUT2D eigenvalue weighted by Gasteiger charge is -2.22. The van der Waals surface area contributed by atoms with Crippen molar-refractivity contribution in [1.29, 1.82) is 0 Å². The first kappa shape index (κ1) is 16.1. The lowest BCUT2D eigenvalue weighted by Crippen LogP contribution is -2.31. The summed E-state index contributed by atoms with van der Waals surface area (Å²) in [5, 5.41) is 0.0905. The van der Waals surface area contributed by atoms with E-state index < -0.39 is 0 Å². The van der Waals surface area contributed by atoms with Crippen LogP contribution in [0.4, 0.5) is 0 Å². The van der Waals surface area contributed by atoms with E-state index in [4.69, 9.17) is 4.74 Å². The molecule has 0 saturated carbocycles. The fourth-order valence-electron chi connectivity index (χ4n) is 2.93. The number of rotatable bonds is 6. The Kier molecular flexibility index (Phi) is 5.08. The van der Waals surface area contributed by atoms with Gasteiger partial charge in [-0.15, -0.1) is 11.8 Å². The molecule has 2 heterocycles. The van der Waals surface area contributed by atoms with Gasteiger partial charge in [-0.05, 0) is 24.1 Å². The van der Waals surface area contributed by atoms with Crippen LogP contribution >= 0.6 is 11.8 Å². The van der Waals surface area contributed by atoms with Gasteiger partial charge >= 0.3 is 0 Å². The number of carbonyl (C=O) groups is 1. The molecule has 1 aromatic carbocycles. The molecule has 0 bridgehead atoms. The number of aromatic nitrogens is 1. The zero-order valence-electron chi connectivity index (χ0n) is 13.6. The Morgan fingerprint density at radius 3 is 2.91 bits per heavy atom. The summed E-state index contributed by atoms with van der Waals surface area (Å²) in [7, 11) is 1.67. The summed E-state index contributed by atoms with van der Waals surface area (Å²) in [6, 6.07) is 10.5. The van der Waals surface area contributed by atoms with Gasteiger partial charge in [0.2, 0.25) is 5.91 Å². The monoisotopic (exact) mass is 330 g/mol. The van der Waals surface area contributed by atoms with Crippen LogP contribution in [0.5, 0.6) is 0 Å². The minimum atomic E-state index is 0.0905. The number of hydrogen-bond acceptors (Lipinski definition) is 3. The summed E-state index contributed by atoms with van der Waals surface area (Å²) in [5.41, 5.74) is 3.70. The summed E-state index contributed by atoms with van der Waals surface area (Å²) in [6.45, 7) is 3.38. The average molecular weight is 330 g/mol. The Morgan fingerprint density at radius 1 is 1.30 bits per heavy atom. The molecular formula is C18H22N2O2S. The zero-order valence-corrected chi connectivity index (χ0v) is 14.4. The molecule has 1 unspecified atom stereocenters. The van der Waals surface area contributed by atoms with Crippen molar-refractivity contribution in [2.45, 2.75) is 18.7 Å². The minimum Gasteiger partial charge on any atom is -0.383 e. The number of hydrogen-bond donors (Lipinski definition) is 0. The topological polar surface area (TPSA) is 34.5 Å². The van der Waals surface area contributed by atoms with Crippen LogP contribution in [0, 0.1) is 0 Å². The highest BCUT2D eigenvalue weighted by molar-refractivity contribution is 8.00. The van der Waals surface area contributed by atoms with Crippen molar-refractivity contribution in [3.05, 3.63) is 53.9 Å². The molecular weight excluding hydrogens is 308 g/mol. The van der Waals surface area contributed by atoms with Crippen molar-refractivity contribution in [2.75, 3.05) is 26.0 Å². The number of para-hydroxylation sites is 1. The summed E-state index contributed by atoms with van der Waals surface area (Å²) in [5.74, 6) is 0.740. The van der Waals surface area contributed by atoms with E-state index in [0.29, 0.717) is 18.9 Å². The molecule has 122 valence electrons. The second-order valence-electron chi connectivity index (χ2n) is 5.58. The van der Waals surface area contributed by atoms with Crippen molar-refractivity contribution in [3.8, 4) is 5.69 Å². The fraction of sp³-hybridized carbons (Fsp3) is 0.389. The molecule has 1 aliphatic rings. The zero-order chi connectivity index (χ0) is 16.2. The third kappa shape index (κ3) is 3.31. The molecule has 1 saturated heterocycles. The molecule has 5 heteroatoms. The SMILES string of the molecule is CCc1ccccc1-n1ccc(C2SCC(=O)N2CCOC)c1. The van der Waals surface area contributed by atoms with Crippen molar-refractivity contribution in [2.24, 2.45) is 0 Å². The normalized spacial score (nSPS) is 17.9. The molecule has 0 aliphatic carbocycles. The molecule has 4 nitrogen and oxygen atoms in total. The van der Waals surface area contributed by atoms with Gasteiger partial charge in [-0.3, -0.25) is 4.79 Å². The fourth-order valence-corrected chi connectivity index (χ4v) is 4.13. The Bertz CT molecular complexity index is 683. The van der Waals surface area contributed by atoms with E-state index in [1.807, 2.05) is 4.90 Å². The highest BCUT2D eigenvalue weighted by atomic mass is 32.2. The third-order valence-corrected chi connectivity index (χ3v) is 5.41. The smallest absolute Gasteiger partial charge is 0.233 e. The van der Waals surface area contributed by atoms with Crippen LogP contribution < -0.4 is 0 Å². The van der Waals surface area contributed by atoms with Crippen molar-refractivity contribution in [1.82, 2.24) is 9.47 Å². The van der Waals surface area contributed by atoms with E-state index in [2.05, 4.69) is 54.2 Å².